The number of esters is 1. The van der Waals surface area contributed by atoms with Crippen LogP contribution < -0.4 is 10.2 Å². The van der Waals surface area contributed by atoms with Gasteiger partial charge in [0.2, 0.25) is 5.91 Å². The van der Waals surface area contributed by atoms with Crippen LogP contribution in [0.15, 0.2) is 12.1 Å². The summed E-state index contributed by atoms with van der Waals surface area (Å²) in [6.45, 7) is 13.5. The molecule has 1 atom stereocenters. The lowest BCUT2D eigenvalue weighted by Crippen LogP contribution is -2.40. The molecule has 3 rings (SSSR count). The smallest absolute Gasteiger partial charge is 0.420 e. The number of fused-ring (bicyclic) bond motifs is 1. The lowest BCUT2D eigenvalue weighted by atomic mass is 10.1. The Kier molecular flexibility index (Phi) is 7.81. The molecule has 0 bridgehead atoms. The molecule has 0 saturated carbocycles. The first-order valence-corrected chi connectivity index (χ1v) is 11.5. The Morgan fingerprint density at radius 1 is 1.21 bits per heavy atom. The van der Waals surface area contributed by atoms with Crippen LogP contribution in [0.2, 0.25) is 0 Å². The maximum absolute atomic E-state index is 13.2. The van der Waals surface area contributed by atoms with Crippen molar-refractivity contribution in [3.63, 3.8) is 0 Å². The molecule has 1 aromatic heterocycles. The standard InChI is InChI=1S/C24H34N4O6/c1-7-33-22(30)16(3)25-20(29)14-19-26-21-15(2)12-17(27-8-10-32-11-9-27)13-18(21)28(19)23(31)34-24(4,5)6/h12-13,16H,7-11,14H2,1-6H3,(H,25,29). The van der Waals surface area contributed by atoms with Gasteiger partial charge < -0.3 is 24.4 Å². The number of ether oxygens (including phenoxy) is 3. The summed E-state index contributed by atoms with van der Waals surface area (Å²) in [7, 11) is 0. The van der Waals surface area contributed by atoms with Crippen molar-refractivity contribution in [3.05, 3.63) is 23.5 Å². The zero-order chi connectivity index (χ0) is 25.0. The van der Waals surface area contributed by atoms with E-state index in [2.05, 4.69) is 15.2 Å². The number of hydrogen-bond acceptors (Lipinski definition) is 8. The van der Waals surface area contributed by atoms with Crippen LogP contribution >= 0.6 is 0 Å². The third-order valence-electron chi connectivity index (χ3n) is 5.29. The molecule has 186 valence electrons. The second-order valence-electron chi connectivity index (χ2n) is 9.29. The fourth-order valence-electron chi connectivity index (χ4n) is 3.77. The molecule has 1 aliphatic heterocycles. The van der Waals surface area contributed by atoms with Gasteiger partial charge in [0.05, 0.1) is 37.3 Å². The molecule has 1 N–H and O–H groups in total. The number of carbonyl (C=O) groups is 3. The van der Waals surface area contributed by atoms with Gasteiger partial charge >= 0.3 is 12.1 Å². The number of amides is 1. The molecular weight excluding hydrogens is 440 g/mol. The van der Waals surface area contributed by atoms with E-state index in [-0.39, 0.29) is 18.9 Å². The van der Waals surface area contributed by atoms with Gasteiger partial charge in [0.1, 0.15) is 17.5 Å². The molecule has 1 fully saturated rings. The van der Waals surface area contributed by atoms with Crippen molar-refractivity contribution in [2.45, 2.75) is 59.6 Å². The molecule has 10 nitrogen and oxygen atoms in total. The number of aryl methyl sites for hydroxylation is 1. The van der Waals surface area contributed by atoms with E-state index in [1.807, 2.05) is 19.1 Å². The van der Waals surface area contributed by atoms with Crippen LogP contribution in [-0.4, -0.2) is 72.1 Å². The van der Waals surface area contributed by atoms with Gasteiger partial charge in [-0.2, -0.15) is 0 Å². The third kappa shape index (κ3) is 6.05. The summed E-state index contributed by atoms with van der Waals surface area (Å²) in [4.78, 5) is 44.6. The molecule has 0 spiro atoms. The molecule has 10 heteroatoms. The predicted octanol–water partition coefficient (Wildman–Crippen LogP) is 2.57. The zero-order valence-electron chi connectivity index (χ0n) is 20.8. The van der Waals surface area contributed by atoms with Crippen molar-refractivity contribution in [2.75, 3.05) is 37.8 Å². The Morgan fingerprint density at radius 2 is 1.88 bits per heavy atom. The largest absolute Gasteiger partial charge is 0.464 e. The Labute approximate surface area is 199 Å². The number of anilines is 1. The summed E-state index contributed by atoms with van der Waals surface area (Å²) >= 11 is 0. The van der Waals surface area contributed by atoms with Crippen molar-refractivity contribution in [2.24, 2.45) is 0 Å². The highest BCUT2D eigenvalue weighted by Gasteiger charge is 2.27. The molecule has 1 aliphatic rings. The highest BCUT2D eigenvalue weighted by molar-refractivity contribution is 5.93. The second-order valence-corrected chi connectivity index (χ2v) is 9.29. The Morgan fingerprint density at radius 3 is 2.50 bits per heavy atom. The van der Waals surface area contributed by atoms with Crippen LogP contribution in [0.4, 0.5) is 10.5 Å². The van der Waals surface area contributed by atoms with Crippen molar-refractivity contribution in [1.29, 1.82) is 0 Å². The zero-order valence-corrected chi connectivity index (χ0v) is 20.8. The lowest BCUT2D eigenvalue weighted by molar-refractivity contribution is -0.146. The van der Waals surface area contributed by atoms with Gasteiger partial charge in [0.15, 0.2) is 0 Å². The maximum atomic E-state index is 13.2. The molecule has 0 radical (unpaired) electrons. The number of aromatic nitrogens is 2. The van der Waals surface area contributed by atoms with Crippen LogP contribution in [0.3, 0.4) is 0 Å². The van der Waals surface area contributed by atoms with Gasteiger partial charge in [-0.05, 0) is 59.2 Å². The predicted molar refractivity (Wildman–Crippen MR) is 127 cm³/mol. The molecule has 1 aromatic carbocycles. The Balaban J connectivity index is 1.99. The van der Waals surface area contributed by atoms with Crippen LogP contribution in [0.1, 0.15) is 46.0 Å². The van der Waals surface area contributed by atoms with Gasteiger partial charge in [0.25, 0.3) is 0 Å². The lowest BCUT2D eigenvalue weighted by Gasteiger charge is -2.29. The minimum absolute atomic E-state index is 0.204. The van der Waals surface area contributed by atoms with E-state index >= 15 is 0 Å². The Hall–Kier alpha value is -3.14. The first-order valence-electron chi connectivity index (χ1n) is 11.5. The van der Waals surface area contributed by atoms with Crippen LogP contribution in [0.25, 0.3) is 11.0 Å². The molecule has 1 unspecified atom stereocenters. The van der Waals surface area contributed by atoms with Crippen molar-refractivity contribution >= 4 is 34.7 Å². The quantitative estimate of drug-likeness (QED) is 0.636. The number of benzene rings is 1. The van der Waals surface area contributed by atoms with Crippen molar-refractivity contribution in [1.82, 2.24) is 14.9 Å². The SMILES string of the molecule is CCOC(=O)C(C)NC(=O)Cc1nc2c(C)cc(N3CCOCC3)cc2n1C(=O)OC(C)(C)C. The van der Waals surface area contributed by atoms with E-state index in [9.17, 15) is 14.4 Å². The minimum atomic E-state index is -0.818. The molecule has 0 aliphatic carbocycles. The van der Waals surface area contributed by atoms with Crippen LogP contribution in [-0.2, 0) is 30.2 Å². The number of carbonyl (C=O) groups excluding carboxylic acids is 3. The van der Waals surface area contributed by atoms with Crippen molar-refractivity contribution < 1.29 is 28.6 Å². The van der Waals surface area contributed by atoms with E-state index < -0.39 is 29.6 Å². The van der Waals surface area contributed by atoms with Gasteiger partial charge in [0, 0.05) is 18.8 Å². The molecule has 1 amide bonds. The third-order valence-corrected chi connectivity index (χ3v) is 5.29. The summed E-state index contributed by atoms with van der Waals surface area (Å²) in [6.07, 6.45) is -0.820. The number of nitrogens with one attached hydrogen (secondary N) is 1. The maximum Gasteiger partial charge on any atom is 0.420 e. The average Bonchev–Trinajstić information content (AvgIpc) is 3.11. The summed E-state index contributed by atoms with van der Waals surface area (Å²) in [5.74, 6) is -0.741. The highest BCUT2D eigenvalue weighted by atomic mass is 16.6. The molecule has 2 aromatic rings. The van der Waals surface area contributed by atoms with Gasteiger partial charge in [-0.3, -0.25) is 4.79 Å². The van der Waals surface area contributed by atoms with E-state index in [4.69, 9.17) is 14.2 Å². The molecule has 34 heavy (non-hydrogen) atoms. The molecule has 1 saturated heterocycles. The van der Waals surface area contributed by atoms with Gasteiger partial charge in [-0.1, -0.05) is 0 Å². The first-order chi connectivity index (χ1) is 16.0. The first kappa shape index (κ1) is 25.5. The van der Waals surface area contributed by atoms with Crippen molar-refractivity contribution in [3.8, 4) is 0 Å². The molecular formula is C24H34N4O6. The van der Waals surface area contributed by atoms with E-state index in [0.717, 1.165) is 24.3 Å². The monoisotopic (exact) mass is 474 g/mol. The number of imidazole rings is 1. The Bertz CT molecular complexity index is 1070. The van der Waals surface area contributed by atoms with Crippen LogP contribution in [0, 0.1) is 6.92 Å². The minimum Gasteiger partial charge on any atom is -0.464 e. The summed E-state index contributed by atoms with van der Waals surface area (Å²) in [5.41, 5.74) is 2.27. The topological polar surface area (TPSA) is 112 Å². The average molecular weight is 475 g/mol. The highest BCUT2D eigenvalue weighted by Crippen LogP contribution is 2.28. The summed E-state index contributed by atoms with van der Waals surface area (Å²) in [6, 6.07) is 3.10. The molecule has 2 heterocycles. The van der Waals surface area contributed by atoms with E-state index in [0.29, 0.717) is 24.2 Å². The summed E-state index contributed by atoms with van der Waals surface area (Å²) < 4.78 is 17.4. The van der Waals surface area contributed by atoms with Gasteiger partial charge in [-0.25, -0.2) is 19.1 Å². The number of morpholine rings is 1. The van der Waals surface area contributed by atoms with Crippen LogP contribution in [0.5, 0.6) is 0 Å². The second kappa shape index (κ2) is 10.4. The fraction of sp³-hybridized carbons (Fsp3) is 0.583. The van der Waals surface area contributed by atoms with E-state index in [1.54, 1.807) is 34.6 Å². The summed E-state index contributed by atoms with van der Waals surface area (Å²) in [5, 5.41) is 2.61. The fourth-order valence-corrected chi connectivity index (χ4v) is 3.77. The van der Waals surface area contributed by atoms with Gasteiger partial charge in [-0.15, -0.1) is 0 Å². The number of rotatable bonds is 6. The normalized spacial score (nSPS) is 15.2. The number of hydrogen-bond donors (Lipinski definition) is 1. The number of nitrogens with zero attached hydrogens (tertiary/aromatic N) is 3. The van der Waals surface area contributed by atoms with E-state index in [1.165, 1.54) is 4.57 Å².